The summed E-state index contributed by atoms with van der Waals surface area (Å²) in [6.07, 6.45) is 0. The zero-order valence-corrected chi connectivity index (χ0v) is 19.0. The Kier molecular flexibility index (Phi) is 14.1. The molecule has 1 heterocycles. The van der Waals surface area contributed by atoms with Crippen LogP contribution in [0.4, 0.5) is 0 Å². The third-order valence-corrected chi connectivity index (χ3v) is 4.98. The molecule has 6 heteroatoms. The first kappa shape index (κ1) is 25.8. The molecule has 0 unspecified atom stereocenters. The standard InChI is InChI=1S/C17H26N2O3S.2C2H6/c1-13-10-15(11-14(2)17(13)21)23-9-8-22-12-16(20)19-6-4-18(3)5-7-19;2*1-2/h10-11,21H,4-9,12H2,1-3H3;2*1-2H3. The summed E-state index contributed by atoms with van der Waals surface area (Å²) in [4.78, 5) is 17.2. The highest BCUT2D eigenvalue weighted by Crippen LogP contribution is 2.28. The van der Waals surface area contributed by atoms with Crippen LogP contribution in [0.3, 0.4) is 0 Å². The number of rotatable bonds is 6. The summed E-state index contributed by atoms with van der Waals surface area (Å²) >= 11 is 1.68. The number of amides is 1. The normalized spacial score (nSPS) is 14.0. The molecule has 1 aromatic rings. The van der Waals surface area contributed by atoms with E-state index in [2.05, 4.69) is 11.9 Å². The first-order valence-electron chi connectivity index (χ1n) is 9.94. The van der Waals surface area contributed by atoms with Crippen molar-refractivity contribution >= 4 is 17.7 Å². The molecule has 0 spiro atoms. The SMILES string of the molecule is CC.CC.Cc1cc(SCCOCC(=O)N2CCN(C)CC2)cc(C)c1O. The lowest BCUT2D eigenvalue weighted by molar-refractivity contribution is -0.137. The van der Waals surface area contributed by atoms with Gasteiger partial charge in [0.25, 0.3) is 0 Å². The van der Waals surface area contributed by atoms with Crippen LogP contribution in [0.2, 0.25) is 0 Å². The number of nitrogens with zero attached hydrogens (tertiary/aromatic N) is 2. The average Bonchev–Trinajstić information content (AvgIpc) is 2.69. The molecule has 0 aromatic heterocycles. The van der Waals surface area contributed by atoms with Crippen LogP contribution in [-0.4, -0.2) is 73.0 Å². The Morgan fingerprint density at radius 1 is 1.07 bits per heavy atom. The molecule has 0 saturated carbocycles. The average molecular weight is 399 g/mol. The minimum Gasteiger partial charge on any atom is -0.507 e. The van der Waals surface area contributed by atoms with Crippen LogP contribution in [0.15, 0.2) is 17.0 Å². The van der Waals surface area contributed by atoms with Gasteiger partial charge in [-0.05, 0) is 44.2 Å². The Morgan fingerprint density at radius 3 is 2.11 bits per heavy atom. The van der Waals surface area contributed by atoms with Crippen LogP contribution in [0, 0.1) is 13.8 Å². The molecule has 0 bridgehead atoms. The maximum Gasteiger partial charge on any atom is 0.248 e. The molecular formula is C21H38N2O3S. The van der Waals surface area contributed by atoms with E-state index in [1.54, 1.807) is 11.8 Å². The lowest BCUT2D eigenvalue weighted by Crippen LogP contribution is -2.48. The van der Waals surface area contributed by atoms with Gasteiger partial charge in [0.15, 0.2) is 0 Å². The van der Waals surface area contributed by atoms with Crippen LogP contribution < -0.4 is 0 Å². The molecule has 0 radical (unpaired) electrons. The summed E-state index contributed by atoms with van der Waals surface area (Å²) in [5.74, 6) is 1.24. The number of aromatic hydroxyl groups is 1. The highest BCUT2D eigenvalue weighted by Gasteiger charge is 2.18. The van der Waals surface area contributed by atoms with Crippen molar-refractivity contribution in [3.8, 4) is 5.75 Å². The second-order valence-electron chi connectivity index (χ2n) is 5.99. The number of piperazine rings is 1. The highest BCUT2D eigenvalue weighted by atomic mass is 32.2. The number of benzene rings is 1. The largest absolute Gasteiger partial charge is 0.507 e. The van der Waals surface area contributed by atoms with E-state index in [-0.39, 0.29) is 12.5 Å². The van der Waals surface area contributed by atoms with Gasteiger partial charge in [-0.2, -0.15) is 0 Å². The van der Waals surface area contributed by atoms with Crippen LogP contribution in [0.1, 0.15) is 38.8 Å². The highest BCUT2D eigenvalue weighted by molar-refractivity contribution is 7.99. The molecule has 1 fully saturated rings. The predicted molar refractivity (Wildman–Crippen MR) is 116 cm³/mol. The zero-order chi connectivity index (χ0) is 20.8. The van der Waals surface area contributed by atoms with E-state index in [1.165, 1.54) is 0 Å². The fourth-order valence-corrected chi connectivity index (χ4v) is 3.48. The number of likely N-dealkylation sites (N-methyl/N-ethyl adjacent to an activating group) is 1. The van der Waals surface area contributed by atoms with E-state index < -0.39 is 0 Å². The summed E-state index contributed by atoms with van der Waals surface area (Å²) < 4.78 is 5.51. The smallest absolute Gasteiger partial charge is 0.248 e. The van der Waals surface area contributed by atoms with Gasteiger partial charge in [-0.25, -0.2) is 0 Å². The van der Waals surface area contributed by atoms with Crippen molar-refractivity contribution in [1.29, 1.82) is 0 Å². The molecule has 27 heavy (non-hydrogen) atoms. The molecular weight excluding hydrogens is 360 g/mol. The second-order valence-corrected chi connectivity index (χ2v) is 7.16. The maximum atomic E-state index is 12.0. The number of hydrogen-bond acceptors (Lipinski definition) is 5. The molecule has 1 aromatic carbocycles. The summed E-state index contributed by atoms with van der Waals surface area (Å²) in [7, 11) is 2.07. The number of ether oxygens (including phenoxy) is 1. The minimum absolute atomic E-state index is 0.0828. The van der Waals surface area contributed by atoms with Gasteiger partial charge in [0, 0.05) is 36.8 Å². The number of phenolic OH excluding ortho intramolecular Hbond substituents is 1. The van der Waals surface area contributed by atoms with Crippen LogP contribution in [0.25, 0.3) is 0 Å². The van der Waals surface area contributed by atoms with E-state index in [9.17, 15) is 9.90 Å². The predicted octanol–water partition coefficient (Wildman–Crippen LogP) is 3.94. The van der Waals surface area contributed by atoms with Gasteiger partial charge in [-0.1, -0.05) is 27.7 Å². The third-order valence-electron chi connectivity index (χ3n) is 4.04. The number of hydrogen-bond donors (Lipinski definition) is 1. The van der Waals surface area contributed by atoms with Gasteiger partial charge in [0.2, 0.25) is 5.91 Å². The van der Waals surface area contributed by atoms with Crippen LogP contribution in [0.5, 0.6) is 5.75 Å². The van der Waals surface area contributed by atoms with Crippen molar-refractivity contribution in [2.45, 2.75) is 46.4 Å². The summed E-state index contributed by atoms with van der Waals surface area (Å²) in [5.41, 5.74) is 1.78. The van der Waals surface area contributed by atoms with Crippen molar-refractivity contribution < 1.29 is 14.6 Å². The van der Waals surface area contributed by atoms with Crippen molar-refractivity contribution in [1.82, 2.24) is 9.80 Å². The van der Waals surface area contributed by atoms with Gasteiger partial charge in [-0.3, -0.25) is 4.79 Å². The van der Waals surface area contributed by atoms with Gasteiger partial charge < -0.3 is 19.6 Å². The number of aryl methyl sites for hydroxylation is 2. The monoisotopic (exact) mass is 398 g/mol. The molecule has 5 nitrogen and oxygen atoms in total. The van der Waals surface area contributed by atoms with Gasteiger partial charge in [0.1, 0.15) is 12.4 Å². The Labute approximate surface area is 170 Å². The van der Waals surface area contributed by atoms with Crippen LogP contribution in [-0.2, 0) is 9.53 Å². The molecule has 1 aliphatic heterocycles. The van der Waals surface area contributed by atoms with E-state index in [0.717, 1.165) is 48.0 Å². The molecule has 1 saturated heterocycles. The molecule has 1 aliphatic rings. The Morgan fingerprint density at radius 2 is 1.59 bits per heavy atom. The second kappa shape index (κ2) is 14.8. The maximum absolute atomic E-state index is 12.0. The quantitative estimate of drug-likeness (QED) is 0.581. The third kappa shape index (κ3) is 9.49. The summed E-state index contributed by atoms with van der Waals surface area (Å²) in [6.45, 7) is 16.0. The van der Waals surface area contributed by atoms with Crippen molar-refractivity contribution in [3.63, 3.8) is 0 Å². The van der Waals surface area contributed by atoms with E-state index >= 15 is 0 Å². The lowest BCUT2D eigenvalue weighted by atomic mass is 10.1. The number of thioether (sulfide) groups is 1. The van der Waals surface area contributed by atoms with Crippen molar-refractivity contribution in [2.75, 3.05) is 52.2 Å². The number of carbonyl (C=O) groups excluding carboxylic acids is 1. The minimum atomic E-state index is 0.0828. The van der Waals surface area contributed by atoms with Gasteiger partial charge >= 0.3 is 0 Å². The molecule has 1 N–H and O–H groups in total. The van der Waals surface area contributed by atoms with Crippen molar-refractivity contribution in [3.05, 3.63) is 23.3 Å². The molecule has 1 amide bonds. The first-order chi connectivity index (χ1) is 13.0. The van der Waals surface area contributed by atoms with Crippen molar-refractivity contribution in [2.24, 2.45) is 0 Å². The fraction of sp³-hybridized carbons (Fsp3) is 0.667. The number of carbonyl (C=O) groups is 1. The topological polar surface area (TPSA) is 53.0 Å². The lowest BCUT2D eigenvalue weighted by Gasteiger charge is -2.32. The Balaban J connectivity index is 0.00000158. The molecule has 0 aliphatic carbocycles. The summed E-state index contributed by atoms with van der Waals surface area (Å²) in [5, 5.41) is 9.76. The van der Waals surface area contributed by atoms with E-state index in [0.29, 0.717) is 12.4 Å². The zero-order valence-electron chi connectivity index (χ0n) is 18.2. The Bertz CT molecular complexity index is 521. The molecule has 2 rings (SSSR count). The summed E-state index contributed by atoms with van der Waals surface area (Å²) in [6, 6.07) is 3.95. The van der Waals surface area contributed by atoms with E-state index in [1.807, 2.05) is 58.6 Å². The van der Waals surface area contributed by atoms with Crippen LogP contribution >= 0.6 is 11.8 Å². The van der Waals surface area contributed by atoms with Gasteiger partial charge in [0.05, 0.1) is 6.61 Å². The first-order valence-corrected chi connectivity index (χ1v) is 10.9. The number of phenols is 1. The van der Waals surface area contributed by atoms with E-state index in [4.69, 9.17) is 4.74 Å². The molecule has 156 valence electrons. The van der Waals surface area contributed by atoms with Gasteiger partial charge in [-0.15, -0.1) is 11.8 Å². The fourth-order valence-electron chi connectivity index (χ4n) is 2.52. The Hall–Kier alpha value is -1.24. The molecule has 0 atom stereocenters.